The summed E-state index contributed by atoms with van der Waals surface area (Å²) >= 11 is 1.37. The van der Waals surface area contributed by atoms with Crippen molar-refractivity contribution in [1.29, 1.82) is 0 Å². The molecule has 1 aromatic carbocycles. The van der Waals surface area contributed by atoms with Crippen molar-refractivity contribution in [1.82, 2.24) is 4.90 Å². The summed E-state index contributed by atoms with van der Waals surface area (Å²) in [5, 5.41) is 1.90. The topological polar surface area (TPSA) is 88.8 Å². The first-order valence-electron chi connectivity index (χ1n) is 8.12. The van der Waals surface area contributed by atoms with E-state index in [1.54, 1.807) is 18.2 Å². The van der Waals surface area contributed by atoms with Gasteiger partial charge in [0.25, 0.3) is 5.91 Å². The van der Waals surface area contributed by atoms with Gasteiger partial charge in [0.15, 0.2) is 6.61 Å². The summed E-state index contributed by atoms with van der Waals surface area (Å²) in [5.41, 5.74) is -0.00165. The number of carbonyl (C=O) groups is 3. The molecule has 142 valence electrons. The summed E-state index contributed by atoms with van der Waals surface area (Å²) < 4.78 is 23.9. The Labute approximate surface area is 158 Å². The average molecular weight is 392 g/mol. The molecular weight excluding hydrogens is 375 g/mol. The van der Waals surface area contributed by atoms with Gasteiger partial charge in [-0.3, -0.25) is 9.59 Å². The summed E-state index contributed by atoms with van der Waals surface area (Å²) in [6.07, 6.45) is 1.49. The van der Waals surface area contributed by atoms with Crippen LogP contribution in [0.15, 0.2) is 47.1 Å². The van der Waals surface area contributed by atoms with Crippen LogP contribution in [0.4, 0.5) is 10.1 Å². The lowest BCUT2D eigenvalue weighted by Gasteiger charge is -2.25. The molecule has 0 saturated carbocycles. The van der Waals surface area contributed by atoms with Gasteiger partial charge in [0, 0.05) is 12.7 Å². The molecule has 1 aliphatic heterocycles. The van der Waals surface area contributed by atoms with Gasteiger partial charge < -0.3 is 19.4 Å². The van der Waals surface area contributed by atoms with Crippen molar-refractivity contribution in [2.24, 2.45) is 0 Å². The lowest BCUT2D eigenvalue weighted by molar-refractivity contribution is -0.155. The number of halogens is 1. The molecule has 0 spiro atoms. The van der Waals surface area contributed by atoms with Gasteiger partial charge in [0.1, 0.15) is 23.0 Å². The van der Waals surface area contributed by atoms with Crippen LogP contribution in [0.3, 0.4) is 0 Å². The maximum Gasteiger partial charge on any atom is 0.330 e. The monoisotopic (exact) mass is 392 g/mol. The smallest absolute Gasteiger partial charge is 0.330 e. The highest BCUT2D eigenvalue weighted by atomic mass is 32.2. The number of rotatable bonds is 5. The van der Waals surface area contributed by atoms with Crippen molar-refractivity contribution in [3.63, 3.8) is 0 Å². The van der Waals surface area contributed by atoms with Gasteiger partial charge in [-0.05, 0) is 24.3 Å². The van der Waals surface area contributed by atoms with E-state index in [-0.39, 0.29) is 11.6 Å². The summed E-state index contributed by atoms with van der Waals surface area (Å²) in [7, 11) is 0. The van der Waals surface area contributed by atoms with Crippen LogP contribution in [-0.2, 0) is 19.1 Å². The van der Waals surface area contributed by atoms with Gasteiger partial charge in [-0.15, -0.1) is 11.8 Å². The van der Waals surface area contributed by atoms with E-state index in [1.807, 2.05) is 0 Å². The van der Waals surface area contributed by atoms with E-state index in [0.717, 1.165) is 0 Å². The fraction of sp³-hybridized carbons (Fsp3) is 0.278. The minimum Gasteiger partial charge on any atom is -0.466 e. The number of hydrogen-bond donors (Lipinski definition) is 1. The third-order valence-electron chi connectivity index (χ3n) is 3.92. The van der Waals surface area contributed by atoms with E-state index in [0.29, 0.717) is 11.5 Å². The number of ether oxygens (including phenoxy) is 1. The van der Waals surface area contributed by atoms with Gasteiger partial charge in [-0.2, -0.15) is 0 Å². The number of hydrogen-bond acceptors (Lipinski definition) is 6. The molecule has 1 saturated heterocycles. The number of amides is 2. The van der Waals surface area contributed by atoms with Gasteiger partial charge in [0.2, 0.25) is 5.91 Å². The SMILES string of the molecule is CC(=O)N1[C@@H](C(=O)OCC(=O)Nc2ccccc2F)CS[C@@H]1c1ccco1. The minimum atomic E-state index is -0.830. The van der Waals surface area contributed by atoms with Crippen LogP contribution in [0.25, 0.3) is 0 Å². The molecule has 2 heterocycles. The van der Waals surface area contributed by atoms with Crippen LogP contribution in [0.2, 0.25) is 0 Å². The van der Waals surface area contributed by atoms with Crippen molar-refractivity contribution in [2.45, 2.75) is 18.3 Å². The van der Waals surface area contributed by atoms with Gasteiger partial charge in [-0.1, -0.05) is 12.1 Å². The molecule has 0 unspecified atom stereocenters. The molecule has 27 heavy (non-hydrogen) atoms. The summed E-state index contributed by atoms with van der Waals surface area (Å²) in [6.45, 7) is 0.776. The van der Waals surface area contributed by atoms with Crippen molar-refractivity contribution in [3.05, 3.63) is 54.2 Å². The Bertz CT molecular complexity index is 842. The van der Waals surface area contributed by atoms with Gasteiger partial charge in [0.05, 0.1) is 12.0 Å². The Morgan fingerprint density at radius 1 is 1.30 bits per heavy atom. The summed E-state index contributed by atoms with van der Waals surface area (Å²) in [4.78, 5) is 37.7. The van der Waals surface area contributed by atoms with Crippen LogP contribution in [0.5, 0.6) is 0 Å². The maximum atomic E-state index is 13.5. The zero-order chi connectivity index (χ0) is 19.4. The second kappa shape index (κ2) is 8.26. The predicted octanol–water partition coefficient (Wildman–Crippen LogP) is 2.56. The molecule has 2 amide bonds. The summed E-state index contributed by atoms with van der Waals surface area (Å²) in [5.74, 6) is -1.39. The fourth-order valence-corrected chi connectivity index (χ4v) is 4.12. The molecule has 9 heteroatoms. The molecule has 7 nitrogen and oxygen atoms in total. The number of thioether (sulfide) groups is 1. The first-order chi connectivity index (χ1) is 13.0. The van der Waals surface area contributed by atoms with Gasteiger partial charge in [-0.25, -0.2) is 9.18 Å². The number of esters is 1. The molecule has 2 atom stereocenters. The highest BCUT2D eigenvalue weighted by Crippen LogP contribution is 2.41. The van der Waals surface area contributed by atoms with E-state index >= 15 is 0 Å². The third kappa shape index (κ3) is 4.30. The molecule has 0 radical (unpaired) electrons. The van der Waals surface area contributed by atoms with Gasteiger partial charge >= 0.3 is 5.97 Å². The fourth-order valence-electron chi connectivity index (χ4n) is 2.71. The first-order valence-corrected chi connectivity index (χ1v) is 9.17. The molecule has 1 fully saturated rings. The summed E-state index contributed by atoms with van der Waals surface area (Å²) in [6, 6.07) is 8.26. The van der Waals surface area contributed by atoms with Crippen LogP contribution < -0.4 is 5.32 Å². The van der Waals surface area contributed by atoms with Crippen molar-refractivity contribution >= 4 is 35.2 Å². The Morgan fingerprint density at radius 3 is 2.74 bits per heavy atom. The highest BCUT2D eigenvalue weighted by Gasteiger charge is 2.43. The number of nitrogens with one attached hydrogen (secondary N) is 1. The number of carbonyl (C=O) groups excluding carboxylic acids is 3. The van der Waals surface area contributed by atoms with Crippen LogP contribution in [-0.4, -0.2) is 41.1 Å². The van der Waals surface area contributed by atoms with E-state index in [9.17, 15) is 18.8 Å². The normalized spacial score (nSPS) is 19.0. The molecule has 1 aliphatic rings. The Balaban J connectivity index is 1.59. The zero-order valence-corrected chi connectivity index (χ0v) is 15.2. The largest absolute Gasteiger partial charge is 0.466 e. The molecule has 1 N–H and O–H groups in total. The minimum absolute atomic E-state index is 0.00165. The van der Waals surface area contributed by atoms with Crippen LogP contribution in [0, 0.1) is 5.82 Å². The molecular formula is C18H17FN2O5S. The average Bonchev–Trinajstić information content (AvgIpc) is 3.30. The number of furan rings is 1. The number of anilines is 1. The quantitative estimate of drug-likeness (QED) is 0.787. The first kappa shape index (κ1) is 19.0. The Morgan fingerprint density at radius 2 is 2.07 bits per heavy atom. The second-order valence-corrected chi connectivity index (χ2v) is 6.89. The lowest BCUT2D eigenvalue weighted by Crippen LogP contribution is -2.43. The van der Waals surface area contributed by atoms with E-state index in [2.05, 4.69) is 5.32 Å². The Kier molecular flexibility index (Phi) is 5.80. The van der Waals surface area contributed by atoms with Crippen LogP contribution in [0.1, 0.15) is 18.1 Å². The van der Waals surface area contributed by atoms with E-state index in [1.165, 1.54) is 48.0 Å². The van der Waals surface area contributed by atoms with Crippen molar-refractivity contribution in [3.8, 4) is 0 Å². The van der Waals surface area contributed by atoms with Crippen molar-refractivity contribution < 1.29 is 27.9 Å². The number of benzene rings is 1. The molecule has 2 aromatic rings. The predicted molar refractivity (Wildman–Crippen MR) is 96.2 cm³/mol. The van der Waals surface area contributed by atoms with E-state index in [4.69, 9.17) is 9.15 Å². The second-order valence-electron chi connectivity index (χ2n) is 5.78. The molecule has 0 bridgehead atoms. The maximum absolute atomic E-state index is 13.5. The Hall–Kier alpha value is -2.81. The highest BCUT2D eigenvalue weighted by molar-refractivity contribution is 7.99. The zero-order valence-electron chi connectivity index (χ0n) is 14.4. The molecule has 1 aromatic heterocycles. The lowest BCUT2D eigenvalue weighted by atomic mass is 10.2. The number of para-hydroxylation sites is 1. The molecule has 3 rings (SSSR count). The third-order valence-corrected chi connectivity index (χ3v) is 5.20. The van der Waals surface area contributed by atoms with Crippen molar-refractivity contribution in [2.75, 3.05) is 17.7 Å². The number of nitrogens with zero attached hydrogens (tertiary/aromatic N) is 1. The molecule has 0 aliphatic carbocycles. The van der Waals surface area contributed by atoms with Crippen LogP contribution >= 0.6 is 11.8 Å². The van der Waals surface area contributed by atoms with E-state index < -0.39 is 35.7 Å². The standard InChI is InChI=1S/C18H17FN2O5S/c1-11(22)21-14(10-27-17(21)15-7-4-8-25-15)18(24)26-9-16(23)20-13-6-3-2-5-12(13)19/h2-8,14,17H,9-10H2,1H3,(H,20,23)/t14-,17-/m1/s1.